The number of carbonyl (C=O) groups is 3. The minimum atomic E-state index is -4.46. The number of aryl methyl sites for hydroxylation is 5. The lowest BCUT2D eigenvalue weighted by Crippen LogP contribution is -2.13. The number of nitrogens with zero attached hydrogens (tertiary/aromatic N) is 3. The maximum absolute atomic E-state index is 12.8. The Bertz CT molecular complexity index is 2430. The zero-order chi connectivity index (χ0) is 50.2. The zero-order valence-electron chi connectivity index (χ0n) is 35.7. The van der Waals surface area contributed by atoms with E-state index in [1.54, 1.807) is 0 Å². The van der Waals surface area contributed by atoms with Crippen molar-refractivity contribution in [3.8, 4) is 0 Å². The van der Waals surface area contributed by atoms with Crippen molar-refractivity contribution in [2.45, 2.75) is 87.4 Å². The Morgan fingerprint density at radius 1 is 0.588 bits per heavy atom. The van der Waals surface area contributed by atoms with Crippen molar-refractivity contribution in [1.82, 2.24) is 15.0 Å². The van der Waals surface area contributed by atoms with E-state index in [0.717, 1.165) is 46.0 Å². The number of alkyl halides is 10. The number of nitrogen functional groups attached to an aromatic ring is 1. The molecule has 0 unspecified atom stereocenters. The standard InChI is InChI=1S/C14H13F3N2OS.C13H12F3N3OS.C8H8F3N.C6H7NO2S.CH3Br.2CH4/c1-3-12-18-7-11(21-12)13(20)19-9-5-4-8(2)10(6-9)14(15,16)17;1-7-2-3-8(4-9(7)13(14,15)16)19-12(20)10-6-18-11(5-17)21-10;1-5-2-3-6(12)4-7(5)8(9,10)11;1-2-5-7-3-4(10-5)6(8)9;1-2;;/h4-7H,3H2,1-2H3,(H,19,20);2-4,6H,5,17H2,1H3,(H,19,20);2-4H,12H2,1H3;3H,2H2,1H3,(H,8,9);1H3;2*1H4. The molecule has 0 aliphatic carbocycles. The van der Waals surface area contributed by atoms with Crippen molar-refractivity contribution in [2.75, 3.05) is 22.2 Å². The van der Waals surface area contributed by atoms with Crippen LogP contribution in [0.3, 0.4) is 0 Å². The fourth-order valence-corrected chi connectivity index (χ4v) is 7.14. The number of aromatic carboxylic acids is 1. The average Bonchev–Trinajstić information content (AvgIpc) is 4.05. The van der Waals surface area contributed by atoms with Gasteiger partial charge in [-0.2, -0.15) is 39.5 Å². The summed E-state index contributed by atoms with van der Waals surface area (Å²) in [5, 5.41) is 15.6. The summed E-state index contributed by atoms with van der Waals surface area (Å²) in [6.45, 7) is 8.22. The van der Waals surface area contributed by atoms with Crippen LogP contribution in [0.1, 0.15) is 106 Å². The highest BCUT2D eigenvalue weighted by molar-refractivity contribution is 9.08. The lowest BCUT2D eigenvalue weighted by atomic mass is 10.1. The molecular formula is C44H51BrF9N7O4S3. The Morgan fingerprint density at radius 2 is 0.912 bits per heavy atom. The molecule has 0 saturated heterocycles. The van der Waals surface area contributed by atoms with Gasteiger partial charge in [0.15, 0.2) is 0 Å². The van der Waals surface area contributed by atoms with E-state index in [9.17, 15) is 53.9 Å². The van der Waals surface area contributed by atoms with Gasteiger partial charge in [0.05, 0.1) is 45.3 Å². The molecule has 68 heavy (non-hydrogen) atoms. The number of nitrogens with two attached hydrogens (primary N) is 2. The molecule has 7 N–H and O–H groups in total. The van der Waals surface area contributed by atoms with Gasteiger partial charge in [0.2, 0.25) is 0 Å². The molecule has 0 aliphatic rings. The number of carboxylic acid groups (broad SMARTS) is 1. The van der Waals surface area contributed by atoms with Gasteiger partial charge in [0.1, 0.15) is 19.6 Å². The Hall–Kier alpha value is -5.43. The van der Waals surface area contributed by atoms with Crippen molar-refractivity contribution >= 4 is 84.8 Å². The van der Waals surface area contributed by atoms with Crippen LogP contribution in [-0.2, 0) is 37.9 Å². The molecule has 6 aromatic rings. The van der Waals surface area contributed by atoms with E-state index in [2.05, 4.69) is 41.5 Å². The highest BCUT2D eigenvalue weighted by atomic mass is 79.9. The molecule has 0 spiro atoms. The largest absolute Gasteiger partial charge is 0.477 e. The number of carbonyl (C=O) groups excluding carboxylic acids is 2. The second-order valence-electron chi connectivity index (χ2n) is 13.1. The molecule has 0 aliphatic heterocycles. The number of amides is 2. The Morgan fingerprint density at radius 3 is 1.21 bits per heavy atom. The predicted molar refractivity (Wildman–Crippen MR) is 257 cm³/mol. The quantitative estimate of drug-likeness (QED) is 0.0562. The molecule has 0 radical (unpaired) electrons. The van der Waals surface area contributed by atoms with Crippen molar-refractivity contribution in [3.05, 3.63) is 136 Å². The number of hydrogen-bond acceptors (Lipinski definition) is 11. The minimum absolute atomic E-state index is 0. The first-order valence-electron chi connectivity index (χ1n) is 18.8. The number of anilines is 3. The highest BCUT2D eigenvalue weighted by Crippen LogP contribution is 2.35. The van der Waals surface area contributed by atoms with E-state index in [-0.39, 0.29) is 55.2 Å². The molecule has 2 amide bonds. The molecule has 3 aromatic carbocycles. The summed E-state index contributed by atoms with van der Waals surface area (Å²) in [5.74, 6) is -0.0435. The SMILES string of the molecule is C.C.CBr.CCc1ncc(C(=O)Nc2ccc(C)c(C(F)(F)F)c2)s1.CCc1ncc(C(=O)O)s1.Cc1ccc(N)cc1C(F)(F)F.Cc1ccc(NC(=O)c2cnc(CN)s2)cc1C(F)(F)F. The first-order chi connectivity index (χ1) is 30.8. The lowest BCUT2D eigenvalue weighted by Gasteiger charge is -2.12. The third-order valence-electron chi connectivity index (χ3n) is 8.27. The van der Waals surface area contributed by atoms with Crippen molar-refractivity contribution in [1.29, 1.82) is 0 Å². The van der Waals surface area contributed by atoms with Gasteiger partial charge in [-0.15, -0.1) is 34.0 Å². The maximum Gasteiger partial charge on any atom is 0.416 e. The summed E-state index contributed by atoms with van der Waals surface area (Å²) in [5.41, 5.74) is 9.17. The average molecular weight is 1090 g/mol. The monoisotopic (exact) mass is 1090 g/mol. The van der Waals surface area contributed by atoms with Gasteiger partial charge < -0.3 is 27.2 Å². The molecule has 0 bridgehead atoms. The smallest absolute Gasteiger partial charge is 0.416 e. The van der Waals surface area contributed by atoms with Crippen LogP contribution < -0.4 is 22.1 Å². The van der Waals surface area contributed by atoms with E-state index < -0.39 is 53.0 Å². The summed E-state index contributed by atoms with van der Waals surface area (Å²) in [7, 11) is 0. The molecule has 24 heteroatoms. The second kappa shape index (κ2) is 28.2. The molecule has 0 saturated carbocycles. The van der Waals surface area contributed by atoms with Gasteiger partial charge in [-0.3, -0.25) is 9.59 Å². The molecule has 0 fully saturated rings. The van der Waals surface area contributed by atoms with Gasteiger partial charge in [-0.05, 0) is 92.5 Å². The van der Waals surface area contributed by atoms with Gasteiger partial charge in [0.25, 0.3) is 11.8 Å². The van der Waals surface area contributed by atoms with Crippen LogP contribution in [0.2, 0.25) is 0 Å². The summed E-state index contributed by atoms with van der Waals surface area (Å²) in [6.07, 6.45) is -7.52. The Kier molecular flexibility index (Phi) is 25.9. The fourth-order valence-electron chi connectivity index (χ4n) is 5.00. The van der Waals surface area contributed by atoms with Crippen molar-refractivity contribution in [2.24, 2.45) is 5.73 Å². The third kappa shape index (κ3) is 19.7. The van der Waals surface area contributed by atoms with Crippen LogP contribution in [0.4, 0.5) is 56.6 Å². The number of carboxylic acids is 1. The van der Waals surface area contributed by atoms with Crippen LogP contribution in [0.15, 0.2) is 73.2 Å². The van der Waals surface area contributed by atoms with Crippen LogP contribution in [0.25, 0.3) is 0 Å². The fraction of sp³-hybridized carbons (Fsp3) is 0.318. The van der Waals surface area contributed by atoms with E-state index in [0.29, 0.717) is 26.1 Å². The van der Waals surface area contributed by atoms with Gasteiger partial charge in [0, 0.05) is 23.6 Å². The number of hydrogen-bond donors (Lipinski definition) is 5. The normalized spacial score (nSPS) is 10.7. The summed E-state index contributed by atoms with van der Waals surface area (Å²) in [6, 6.07) is 11.1. The number of halogens is 10. The number of thiazole rings is 3. The summed E-state index contributed by atoms with van der Waals surface area (Å²) in [4.78, 5) is 47.0. The van der Waals surface area contributed by atoms with E-state index in [1.165, 1.54) is 98.4 Å². The molecule has 3 aromatic heterocycles. The van der Waals surface area contributed by atoms with E-state index in [4.69, 9.17) is 16.6 Å². The predicted octanol–water partition coefficient (Wildman–Crippen LogP) is 13.7. The number of rotatable bonds is 8. The van der Waals surface area contributed by atoms with E-state index >= 15 is 0 Å². The van der Waals surface area contributed by atoms with E-state index in [1.807, 2.05) is 19.7 Å². The van der Waals surface area contributed by atoms with Crippen LogP contribution >= 0.6 is 49.9 Å². The summed E-state index contributed by atoms with van der Waals surface area (Å²) < 4.78 is 113. The molecular weight excluding hydrogens is 1040 g/mol. The van der Waals surface area contributed by atoms with Crippen LogP contribution in [-0.4, -0.2) is 43.7 Å². The van der Waals surface area contributed by atoms with Crippen LogP contribution in [0, 0.1) is 20.8 Å². The molecule has 11 nitrogen and oxygen atoms in total. The zero-order valence-corrected chi connectivity index (χ0v) is 39.8. The minimum Gasteiger partial charge on any atom is -0.477 e. The van der Waals surface area contributed by atoms with Crippen molar-refractivity contribution < 1.29 is 59.0 Å². The molecule has 3 heterocycles. The first-order valence-corrected chi connectivity index (χ1v) is 22.9. The highest BCUT2D eigenvalue weighted by Gasteiger charge is 2.34. The molecule has 374 valence electrons. The van der Waals surface area contributed by atoms with Crippen molar-refractivity contribution in [3.63, 3.8) is 0 Å². The number of nitrogens with one attached hydrogen (secondary N) is 2. The third-order valence-corrected chi connectivity index (χ3v) is 11.6. The Balaban J connectivity index is 0.000000896. The summed E-state index contributed by atoms with van der Waals surface area (Å²) >= 11 is 6.50. The molecule has 6 rings (SSSR count). The number of benzene rings is 3. The topological polar surface area (TPSA) is 186 Å². The second-order valence-corrected chi connectivity index (χ2v) is 16.5. The Labute approximate surface area is 408 Å². The van der Waals surface area contributed by atoms with Gasteiger partial charge in [-0.1, -0.05) is 62.8 Å². The lowest BCUT2D eigenvalue weighted by molar-refractivity contribution is -0.138. The van der Waals surface area contributed by atoms with Crippen LogP contribution in [0.5, 0.6) is 0 Å². The van der Waals surface area contributed by atoms with Gasteiger partial charge >= 0.3 is 24.5 Å². The maximum atomic E-state index is 12.8. The number of aromatic nitrogens is 3. The molecule has 0 atom stereocenters. The first kappa shape index (κ1) is 62.6. The van der Waals surface area contributed by atoms with Gasteiger partial charge in [-0.25, -0.2) is 19.7 Å².